The Balaban J connectivity index is -0.000000363. The van der Waals surface area contributed by atoms with Gasteiger partial charge in [-0.2, -0.15) is 0 Å². The Hall–Kier alpha value is 1.30. The van der Waals surface area contributed by atoms with E-state index >= 15 is 0 Å². The van der Waals surface area contributed by atoms with E-state index in [0.717, 1.165) is 12.8 Å². The Kier molecular flexibility index (Phi) is 41.5. The average molecular weight is 448 g/mol. The van der Waals surface area contributed by atoms with Crippen LogP contribution in [0.25, 0.3) is 0 Å². The molecule has 5 nitrogen and oxygen atoms in total. The molecule has 26 heavy (non-hydrogen) atoms. The maximum atomic E-state index is 10.2. The number of hydrogen-bond acceptors (Lipinski definition) is 5. The minimum atomic E-state index is -2.92. The molecular formula is C18H35BCaO5Zn. The third-order valence-electron chi connectivity index (χ3n) is 3.98. The normalized spacial score (nSPS) is 9.38. The molecule has 0 aromatic carbocycles. The van der Waals surface area contributed by atoms with Crippen LogP contribution >= 0.6 is 0 Å². The summed E-state index contributed by atoms with van der Waals surface area (Å²) in [5, 5.41) is 35.5. The van der Waals surface area contributed by atoms with Crippen LogP contribution in [0.5, 0.6) is 0 Å². The van der Waals surface area contributed by atoms with Crippen molar-refractivity contribution in [2.75, 3.05) is 0 Å². The molecule has 0 rings (SSSR count). The van der Waals surface area contributed by atoms with Crippen LogP contribution in [0.1, 0.15) is 110 Å². The first kappa shape index (κ1) is 34.8. The Morgan fingerprint density at radius 1 is 0.654 bits per heavy atom. The summed E-state index contributed by atoms with van der Waals surface area (Å²) < 4.78 is 0. The summed E-state index contributed by atoms with van der Waals surface area (Å²) >= 11 is 0. The SMILES string of the molecule is CCCCCCCCCCCCCCCCCC(=O)[O-].[Ca+2].[O-]B([O-])[O-].[Zn+2]. The molecule has 0 aromatic rings. The van der Waals surface area contributed by atoms with Crippen LogP contribution in [0.4, 0.5) is 0 Å². The second kappa shape index (κ2) is 31.0. The fourth-order valence-corrected chi connectivity index (χ4v) is 2.64. The van der Waals surface area contributed by atoms with Gasteiger partial charge in [-0.15, -0.1) is 0 Å². The van der Waals surface area contributed by atoms with E-state index in [1.54, 1.807) is 0 Å². The van der Waals surface area contributed by atoms with E-state index in [2.05, 4.69) is 6.92 Å². The Morgan fingerprint density at radius 3 is 1.12 bits per heavy atom. The van der Waals surface area contributed by atoms with Crippen molar-refractivity contribution in [1.29, 1.82) is 0 Å². The van der Waals surface area contributed by atoms with Crippen LogP contribution in [0.3, 0.4) is 0 Å². The minimum Gasteiger partial charge on any atom is -0.907 e. The number of carboxylic acid groups (broad SMARTS) is 1. The first-order valence-electron chi connectivity index (χ1n) is 9.68. The maximum absolute atomic E-state index is 10.2. The van der Waals surface area contributed by atoms with E-state index < -0.39 is 13.3 Å². The molecular weight excluding hydrogens is 412 g/mol. The van der Waals surface area contributed by atoms with Crippen molar-refractivity contribution in [1.82, 2.24) is 0 Å². The van der Waals surface area contributed by atoms with Crippen LogP contribution in [0.2, 0.25) is 0 Å². The van der Waals surface area contributed by atoms with Crippen molar-refractivity contribution in [3.8, 4) is 0 Å². The molecule has 0 radical (unpaired) electrons. The molecule has 0 spiro atoms. The summed E-state index contributed by atoms with van der Waals surface area (Å²) in [4.78, 5) is 10.2. The van der Waals surface area contributed by atoms with Gasteiger partial charge in [0, 0.05) is 5.97 Å². The maximum Gasteiger partial charge on any atom is 2.00 e. The third kappa shape index (κ3) is 44.6. The molecule has 0 amide bonds. The van der Waals surface area contributed by atoms with Gasteiger partial charge in [0.15, 0.2) is 0 Å². The molecule has 0 bridgehead atoms. The molecule has 0 saturated heterocycles. The van der Waals surface area contributed by atoms with Gasteiger partial charge in [-0.3, -0.25) is 7.32 Å². The molecule has 8 heteroatoms. The summed E-state index contributed by atoms with van der Waals surface area (Å²) in [6.45, 7) is 2.27. The van der Waals surface area contributed by atoms with Gasteiger partial charge in [-0.05, 0) is 12.8 Å². The summed E-state index contributed by atoms with van der Waals surface area (Å²) in [5.41, 5.74) is 0. The van der Waals surface area contributed by atoms with E-state index in [0.29, 0.717) is 0 Å². The van der Waals surface area contributed by atoms with Crippen LogP contribution in [0.15, 0.2) is 0 Å². The zero-order chi connectivity index (χ0) is 18.5. The quantitative estimate of drug-likeness (QED) is 0.255. The van der Waals surface area contributed by atoms with E-state index in [1.807, 2.05) is 0 Å². The van der Waals surface area contributed by atoms with Gasteiger partial charge in [0.25, 0.3) is 0 Å². The Morgan fingerprint density at radius 2 is 0.885 bits per heavy atom. The molecule has 0 aliphatic rings. The molecule has 0 heterocycles. The van der Waals surface area contributed by atoms with Gasteiger partial charge in [-0.1, -0.05) is 96.8 Å². The molecule has 0 saturated carbocycles. The summed E-state index contributed by atoms with van der Waals surface area (Å²) in [6.07, 6.45) is 19.9. The first-order valence-corrected chi connectivity index (χ1v) is 9.68. The number of carbonyl (C=O) groups is 1. The van der Waals surface area contributed by atoms with Crippen molar-refractivity contribution < 1.29 is 44.5 Å². The number of unbranched alkanes of at least 4 members (excludes halogenated alkanes) is 14. The molecule has 0 atom stereocenters. The topological polar surface area (TPSA) is 109 Å². The number of carboxylic acids is 1. The Labute approximate surface area is 203 Å². The van der Waals surface area contributed by atoms with E-state index in [9.17, 15) is 9.90 Å². The van der Waals surface area contributed by atoms with Crippen LogP contribution < -0.4 is 20.2 Å². The van der Waals surface area contributed by atoms with Crippen molar-refractivity contribution in [3.05, 3.63) is 0 Å². The van der Waals surface area contributed by atoms with Crippen molar-refractivity contribution >= 4 is 51.0 Å². The minimum absolute atomic E-state index is 0. The Bertz CT molecular complexity index is 259. The standard InChI is InChI=1S/C18H36O2.BO3.Ca.Zn/c1-2-3-4-5-6-7-8-9-10-11-12-13-14-15-16-17-18(19)20;2-1(3)4;;/h2-17H2,1H3,(H,19,20);;;/q;-3;2*+2/p-1. The molecule has 0 N–H and O–H groups in total. The molecule has 0 aliphatic carbocycles. The zero-order valence-corrected chi connectivity index (χ0v) is 22.0. The van der Waals surface area contributed by atoms with Gasteiger partial charge < -0.3 is 25.0 Å². The summed E-state index contributed by atoms with van der Waals surface area (Å²) in [5.74, 6) is -0.903. The zero-order valence-electron chi connectivity index (χ0n) is 16.8. The van der Waals surface area contributed by atoms with E-state index in [-0.39, 0.29) is 63.6 Å². The van der Waals surface area contributed by atoms with E-state index in [4.69, 9.17) is 15.1 Å². The summed E-state index contributed by atoms with van der Waals surface area (Å²) in [6, 6.07) is 0. The van der Waals surface area contributed by atoms with E-state index in [1.165, 1.54) is 83.5 Å². The fourth-order valence-electron chi connectivity index (χ4n) is 2.64. The second-order valence-corrected chi connectivity index (χ2v) is 6.36. The van der Waals surface area contributed by atoms with Crippen LogP contribution in [0, 0.1) is 0 Å². The second-order valence-electron chi connectivity index (χ2n) is 6.36. The monoisotopic (exact) mass is 446 g/mol. The van der Waals surface area contributed by atoms with Gasteiger partial charge >= 0.3 is 57.2 Å². The average Bonchev–Trinajstić information content (AvgIpc) is 2.50. The first-order chi connectivity index (χ1) is 11.5. The van der Waals surface area contributed by atoms with Crippen LogP contribution in [-0.2, 0) is 24.3 Å². The van der Waals surface area contributed by atoms with Crippen molar-refractivity contribution in [3.63, 3.8) is 0 Å². The number of hydrogen-bond donors (Lipinski definition) is 0. The fraction of sp³-hybridized carbons (Fsp3) is 0.944. The van der Waals surface area contributed by atoms with Gasteiger partial charge in [0.1, 0.15) is 0 Å². The van der Waals surface area contributed by atoms with Crippen LogP contribution in [-0.4, -0.2) is 51.0 Å². The summed E-state index contributed by atoms with van der Waals surface area (Å²) in [7, 11) is -2.92. The predicted octanol–water partition coefficient (Wildman–Crippen LogP) is 0.667. The number of aliphatic carboxylic acids is 1. The number of rotatable bonds is 16. The largest absolute Gasteiger partial charge is 2.00 e. The smallest absolute Gasteiger partial charge is 0.907 e. The van der Waals surface area contributed by atoms with Gasteiger partial charge in [0.05, 0.1) is 0 Å². The number of carbonyl (C=O) groups excluding carboxylic acids is 1. The van der Waals surface area contributed by atoms with Gasteiger partial charge in [-0.25, -0.2) is 0 Å². The molecule has 0 aliphatic heterocycles. The predicted molar refractivity (Wildman–Crippen MR) is 96.1 cm³/mol. The van der Waals surface area contributed by atoms with Crippen molar-refractivity contribution in [2.24, 2.45) is 0 Å². The van der Waals surface area contributed by atoms with Crippen molar-refractivity contribution in [2.45, 2.75) is 110 Å². The molecule has 0 aromatic heterocycles. The van der Waals surface area contributed by atoms with Gasteiger partial charge in [0.2, 0.25) is 0 Å². The molecule has 0 unspecified atom stereocenters. The molecule has 0 fully saturated rings. The third-order valence-corrected chi connectivity index (χ3v) is 3.98. The molecule has 144 valence electrons.